The monoisotopic (exact) mass is 410 g/mol. The molecule has 1 aromatic heterocycles. The Kier molecular flexibility index (Phi) is 11.5. The van der Waals surface area contributed by atoms with Gasteiger partial charge in [-0.05, 0) is 6.42 Å². The summed E-state index contributed by atoms with van der Waals surface area (Å²) >= 11 is 18.2. The molecule has 0 fully saturated rings. The van der Waals surface area contributed by atoms with Crippen LogP contribution in [-0.2, 0) is 4.79 Å². The lowest BCUT2D eigenvalue weighted by atomic mass is 10.1. The van der Waals surface area contributed by atoms with Crippen LogP contribution in [0, 0.1) is 0 Å². The molecule has 0 aromatic carbocycles. The predicted octanol–water partition coefficient (Wildman–Crippen LogP) is 5.23. The van der Waals surface area contributed by atoms with Gasteiger partial charge in [0.15, 0.2) is 10.5 Å². The van der Waals surface area contributed by atoms with Crippen molar-refractivity contribution in [2.45, 2.75) is 81.6 Å². The van der Waals surface area contributed by atoms with E-state index in [1.165, 1.54) is 62.3 Å². The molecule has 144 valence electrons. The van der Waals surface area contributed by atoms with Crippen molar-refractivity contribution in [1.82, 2.24) is 20.1 Å². The van der Waals surface area contributed by atoms with E-state index >= 15 is 0 Å². The van der Waals surface area contributed by atoms with E-state index in [-0.39, 0.29) is 11.8 Å². The van der Waals surface area contributed by atoms with Crippen LogP contribution in [0.5, 0.6) is 0 Å². The third-order valence-corrected chi connectivity index (χ3v) is 5.46. The van der Waals surface area contributed by atoms with E-state index in [0.717, 1.165) is 12.8 Å². The number of carbonyl (C=O) groups is 1. The molecule has 0 saturated carbocycles. The maximum absolute atomic E-state index is 12.2. The van der Waals surface area contributed by atoms with E-state index < -0.39 is 10.5 Å². The highest BCUT2D eigenvalue weighted by Gasteiger charge is 2.37. The second kappa shape index (κ2) is 12.8. The van der Waals surface area contributed by atoms with Crippen LogP contribution in [0.15, 0.2) is 12.7 Å². The molecule has 8 heteroatoms. The van der Waals surface area contributed by atoms with Crippen LogP contribution in [0.2, 0.25) is 0 Å². The molecular weight excluding hydrogens is 383 g/mol. The Morgan fingerprint density at radius 3 is 2.24 bits per heavy atom. The van der Waals surface area contributed by atoms with Gasteiger partial charge in [0.1, 0.15) is 12.7 Å². The SMILES string of the molecule is CCCCCCCCCCCC(=O)NC(n1cncn1)C(Cl)(Cl)CCl. The van der Waals surface area contributed by atoms with Crippen molar-refractivity contribution in [2.75, 3.05) is 5.88 Å². The van der Waals surface area contributed by atoms with Crippen LogP contribution in [0.1, 0.15) is 77.3 Å². The molecule has 1 unspecified atom stereocenters. The summed E-state index contributed by atoms with van der Waals surface area (Å²) in [5.41, 5.74) is 0. The molecule has 5 nitrogen and oxygen atoms in total. The van der Waals surface area contributed by atoms with E-state index in [1.54, 1.807) is 0 Å². The molecule has 0 saturated heterocycles. The van der Waals surface area contributed by atoms with Crippen molar-refractivity contribution in [2.24, 2.45) is 0 Å². The molecule has 0 spiro atoms. The second-order valence-electron chi connectivity index (χ2n) is 6.32. The summed E-state index contributed by atoms with van der Waals surface area (Å²) in [5, 5.41) is 6.81. The number of alkyl halides is 3. The molecule has 0 bridgehead atoms. The number of unbranched alkanes of at least 4 members (excludes halogenated alkanes) is 8. The average Bonchev–Trinajstić information content (AvgIpc) is 3.12. The Labute approximate surface area is 165 Å². The van der Waals surface area contributed by atoms with Gasteiger partial charge in [-0.2, -0.15) is 5.10 Å². The average molecular weight is 412 g/mol. The van der Waals surface area contributed by atoms with Crippen molar-refractivity contribution in [3.05, 3.63) is 12.7 Å². The zero-order valence-corrected chi connectivity index (χ0v) is 17.2. The number of carbonyl (C=O) groups excluding carboxylic acids is 1. The molecule has 0 aliphatic heterocycles. The lowest BCUT2D eigenvalue weighted by Crippen LogP contribution is -2.44. The van der Waals surface area contributed by atoms with E-state index in [1.807, 2.05) is 0 Å². The minimum absolute atomic E-state index is 0.0427. The summed E-state index contributed by atoms with van der Waals surface area (Å²) in [6.07, 6.45) is 13.4. The molecule has 1 rings (SSSR count). The van der Waals surface area contributed by atoms with Gasteiger partial charge < -0.3 is 5.32 Å². The first-order chi connectivity index (χ1) is 12.0. The van der Waals surface area contributed by atoms with Crippen LogP contribution < -0.4 is 5.32 Å². The molecular formula is C17H29Cl3N4O. The minimum Gasteiger partial charge on any atom is -0.332 e. The van der Waals surface area contributed by atoms with Crippen molar-refractivity contribution in [3.8, 4) is 0 Å². The van der Waals surface area contributed by atoms with Crippen molar-refractivity contribution < 1.29 is 4.79 Å². The molecule has 0 aliphatic carbocycles. The topological polar surface area (TPSA) is 59.8 Å². The Morgan fingerprint density at radius 2 is 1.72 bits per heavy atom. The van der Waals surface area contributed by atoms with Crippen LogP contribution >= 0.6 is 34.8 Å². The van der Waals surface area contributed by atoms with Crippen LogP contribution in [0.3, 0.4) is 0 Å². The third-order valence-electron chi connectivity index (χ3n) is 4.08. The fraction of sp³-hybridized carbons (Fsp3) is 0.824. The van der Waals surface area contributed by atoms with Gasteiger partial charge in [0.05, 0.1) is 5.88 Å². The van der Waals surface area contributed by atoms with Crippen molar-refractivity contribution in [1.29, 1.82) is 0 Å². The predicted molar refractivity (Wildman–Crippen MR) is 104 cm³/mol. The smallest absolute Gasteiger partial charge is 0.221 e. The molecule has 0 radical (unpaired) electrons. The van der Waals surface area contributed by atoms with Crippen molar-refractivity contribution >= 4 is 40.7 Å². The van der Waals surface area contributed by atoms with Gasteiger partial charge in [-0.15, -0.1) is 11.6 Å². The normalized spacial score (nSPS) is 13.0. The quantitative estimate of drug-likeness (QED) is 0.337. The van der Waals surface area contributed by atoms with Gasteiger partial charge >= 0.3 is 0 Å². The lowest BCUT2D eigenvalue weighted by Gasteiger charge is -2.28. The lowest BCUT2D eigenvalue weighted by molar-refractivity contribution is -0.122. The highest BCUT2D eigenvalue weighted by atomic mass is 35.5. The second-order valence-corrected chi connectivity index (χ2v) is 8.13. The molecule has 0 aliphatic rings. The molecule has 1 heterocycles. The van der Waals surface area contributed by atoms with Crippen LogP contribution in [0.25, 0.3) is 0 Å². The maximum atomic E-state index is 12.2. The zero-order valence-electron chi connectivity index (χ0n) is 14.9. The number of halogens is 3. The third kappa shape index (κ3) is 9.11. The van der Waals surface area contributed by atoms with E-state index in [9.17, 15) is 4.79 Å². The summed E-state index contributed by atoms with van der Waals surface area (Å²) in [7, 11) is 0. The summed E-state index contributed by atoms with van der Waals surface area (Å²) < 4.78 is 0.0555. The van der Waals surface area contributed by atoms with Crippen molar-refractivity contribution in [3.63, 3.8) is 0 Å². The first-order valence-electron chi connectivity index (χ1n) is 9.08. The molecule has 1 amide bonds. The number of aromatic nitrogens is 3. The summed E-state index contributed by atoms with van der Waals surface area (Å²) in [6, 6.07) is 0. The fourth-order valence-electron chi connectivity index (χ4n) is 2.61. The fourth-order valence-corrected chi connectivity index (χ4v) is 3.07. The summed E-state index contributed by atoms with van der Waals surface area (Å²) in [5.74, 6) is -0.155. The summed E-state index contributed by atoms with van der Waals surface area (Å²) in [6.45, 7) is 2.23. The number of hydrogen-bond donors (Lipinski definition) is 1. The van der Waals surface area contributed by atoms with E-state index in [0.29, 0.717) is 6.42 Å². The molecule has 1 N–H and O–H groups in total. The highest BCUT2D eigenvalue weighted by molar-refractivity contribution is 6.51. The first-order valence-corrected chi connectivity index (χ1v) is 10.4. The molecule has 25 heavy (non-hydrogen) atoms. The van der Waals surface area contributed by atoms with E-state index in [4.69, 9.17) is 34.8 Å². The van der Waals surface area contributed by atoms with Gasteiger partial charge in [-0.25, -0.2) is 9.67 Å². The van der Waals surface area contributed by atoms with E-state index in [2.05, 4.69) is 22.3 Å². The number of hydrogen-bond acceptors (Lipinski definition) is 3. The molecule has 1 atom stereocenters. The zero-order chi connectivity index (χ0) is 18.5. The largest absolute Gasteiger partial charge is 0.332 e. The molecule has 1 aromatic rings. The Hall–Kier alpha value is -0.520. The van der Waals surface area contributed by atoms with Gasteiger partial charge in [-0.3, -0.25) is 4.79 Å². The standard InChI is InChI=1S/C17H29Cl3N4O/c1-2-3-4-5-6-7-8-9-10-11-15(25)23-16(17(19,20)12-18)24-14-21-13-22-24/h13-14,16H,2-12H2,1H3,(H,23,25). The van der Waals surface area contributed by atoms with Gasteiger partial charge in [0, 0.05) is 6.42 Å². The highest BCUT2D eigenvalue weighted by Crippen LogP contribution is 2.33. The number of amides is 1. The number of nitrogens with zero attached hydrogens (tertiary/aromatic N) is 3. The number of nitrogens with one attached hydrogen (secondary N) is 1. The minimum atomic E-state index is -1.36. The Morgan fingerprint density at radius 1 is 1.12 bits per heavy atom. The van der Waals surface area contributed by atoms with Crippen LogP contribution in [-0.4, -0.2) is 30.9 Å². The van der Waals surface area contributed by atoms with Gasteiger partial charge in [-0.1, -0.05) is 81.5 Å². The summed E-state index contributed by atoms with van der Waals surface area (Å²) in [4.78, 5) is 16.0. The first kappa shape index (κ1) is 22.5. The van der Waals surface area contributed by atoms with Gasteiger partial charge in [0.2, 0.25) is 5.91 Å². The Balaban J connectivity index is 2.25. The van der Waals surface area contributed by atoms with Gasteiger partial charge in [0.25, 0.3) is 0 Å². The van der Waals surface area contributed by atoms with Crippen LogP contribution in [0.4, 0.5) is 0 Å². The maximum Gasteiger partial charge on any atom is 0.221 e. The number of rotatable bonds is 14. The Bertz CT molecular complexity index is 468.